The van der Waals surface area contributed by atoms with Crippen molar-refractivity contribution in [3.8, 4) is 55.9 Å². The van der Waals surface area contributed by atoms with Gasteiger partial charge in [0, 0.05) is 32.9 Å². The lowest BCUT2D eigenvalue weighted by atomic mass is 9.83. The molecule has 66 heavy (non-hydrogen) atoms. The van der Waals surface area contributed by atoms with Crippen LogP contribution >= 0.6 is 0 Å². The third kappa shape index (κ3) is 6.03. The van der Waals surface area contributed by atoms with Crippen LogP contribution in [-0.2, 0) is 0 Å². The summed E-state index contributed by atoms with van der Waals surface area (Å²) in [7, 11) is 0. The fraction of sp³-hybridized carbons (Fsp3) is 0.0312. The van der Waals surface area contributed by atoms with E-state index in [4.69, 9.17) is 0 Å². The first-order valence-corrected chi connectivity index (χ1v) is 22.9. The van der Waals surface area contributed by atoms with Gasteiger partial charge in [0.05, 0.1) is 22.1 Å². The van der Waals surface area contributed by atoms with Crippen LogP contribution in [0.15, 0.2) is 231 Å². The molecule has 2 heterocycles. The van der Waals surface area contributed by atoms with Crippen molar-refractivity contribution in [1.29, 1.82) is 0 Å². The molecular weight excluding hydrogens is 797 g/mol. The molecule has 310 valence electrons. The molecule has 0 spiro atoms. The topological polar surface area (TPSA) is 9.86 Å². The maximum atomic E-state index is 2.45. The number of hydrogen-bond acceptors (Lipinski definition) is 0. The summed E-state index contributed by atoms with van der Waals surface area (Å²) in [5, 5.41) is 9.98. The summed E-state index contributed by atoms with van der Waals surface area (Å²) in [6, 6.07) is 85.5. The zero-order chi connectivity index (χ0) is 43.9. The van der Waals surface area contributed by atoms with E-state index in [1.54, 1.807) is 0 Å². The predicted octanol–water partition coefficient (Wildman–Crippen LogP) is 17.5. The zero-order valence-corrected chi connectivity index (χ0v) is 36.8. The third-order valence-corrected chi connectivity index (χ3v) is 13.8. The highest BCUT2D eigenvalue weighted by Gasteiger charge is 2.21. The first kappa shape index (κ1) is 38.0. The van der Waals surface area contributed by atoms with Gasteiger partial charge in [-0.15, -0.1) is 0 Å². The van der Waals surface area contributed by atoms with Crippen molar-refractivity contribution in [3.05, 3.63) is 242 Å². The number of fused-ring (bicyclic) bond motifs is 8. The van der Waals surface area contributed by atoms with E-state index in [1.165, 1.54) is 132 Å². The Bertz CT molecular complexity index is 3750. The summed E-state index contributed by atoms with van der Waals surface area (Å²) >= 11 is 0. The summed E-state index contributed by atoms with van der Waals surface area (Å²) in [5.41, 5.74) is 19.4. The molecule has 13 aromatic rings. The number of benzene rings is 11. The van der Waals surface area contributed by atoms with Crippen molar-refractivity contribution in [2.75, 3.05) is 0 Å². The Kier molecular flexibility index (Phi) is 8.69. The van der Waals surface area contributed by atoms with Gasteiger partial charge in [-0.3, -0.25) is 0 Å². The molecular formula is C64H44N2. The van der Waals surface area contributed by atoms with E-state index in [2.05, 4.69) is 254 Å². The Balaban J connectivity index is 1.05. The number of hydrogen-bond donors (Lipinski definition) is 0. The monoisotopic (exact) mass is 840 g/mol. The maximum Gasteiger partial charge on any atom is 0.0541 e. The van der Waals surface area contributed by atoms with Gasteiger partial charge in [0.2, 0.25) is 0 Å². The van der Waals surface area contributed by atoms with Gasteiger partial charge >= 0.3 is 0 Å². The third-order valence-electron chi connectivity index (χ3n) is 13.8. The fourth-order valence-corrected chi connectivity index (χ4v) is 10.7. The highest BCUT2D eigenvalue weighted by Crippen LogP contribution is 2.47. The van der Waals surface area contributed by atoms with E-state index in [0.717, 1.165) is 0 Å². The highest BCUT2D eigenvalue weighted by atomic mass is 15.0. The minimum atomic E-state index is 1.17. The molecule has 0 aliphatic rings. The van der Waals surface area contributed by atoms with Crippen LogP contribution < -0.4 is 0 Å². The van der Waals surface area contributed by atoms with Crippen LogP contribution in [0, 0.1) is 13.8 Å². The second kappa shape index (κ2) is 15.1. The van der Waals surface area contributed by atoms with Crippen molar-refractivity contribution in [1.82, 2.24) is 9.13 Å². The molecule has 13 rings (SSSR count). The molecule has 0 saturated carbocycles. The van der Waals surface area contributed by atoms with E-state index < -0.39 is 0 Å². The largest absolute Gasteiger partial charge is 0.309 e. The Hall–Kier alpha value is -8.46. The number of nitrogens with zero attached hydrogens (tertiary/aromatic N) is 2. The van der Waals surface area contributed by atoms with Gasteiger partial charge in [-0.1, -0.05) is 169 Å². The number of para-hydroxylation sites is 4. The number of aryl methyl sites for hydroxylation is 2. The molecule has 0 radical (unpaired) electrons. The van der Waals surface area contributed by atoms with Crippen LogP contribution in [0.4, 0.5) is 0 Å². The standard InChI is InChI=1S/C64H44N2/c1-41-21-25-43(26-22-41)63-53-33-29-46(48-32-36-62-56(38-48)52-18-10-12-20-60(52)66(62)50-15-7-4-8-16-50)40-58(53)64(44-27-23-42(2)24-28-44)54-34-30-45(39-57(54)63)47-31-35-61-55(37-47)51-17-9-11-19-59(51)65(61)49-13-5-3-6-14-49/h3-40H,1-2H3. The molecule has 0 unspecified atom stereocenters. The summed E-state index contributed by atoms with van der Waals surface area (Å²) in [4.78, 5) is 0. The van der Waals surface area contributed by atoms with Gasteiger partial charge in [0.1, 0.15) is 0 Å². The fourth-order valence-electron chi connectivity index (χ4n) is 10.7. The van der Waals surface area contributed by atoms with Crippen LogP contribution in [0.1, 0.15) is 11.1 Å². The molecule has 2 nitrogen and oxygen atoms in total. The van der Waals surface area contributed by atoms with Crippen LogP contribution in [0.2, 0.25) is 0 Å². The molecule has 0 aliphatic heterocycles. The smallest absolute Gasteiger partial charge is 0.0541 e. The van der Waals surface area contributed by atoms with Crippen LogP contribution in [-0.4, -0.2) is 9.13 Å². The first-order chi connectivity index (χ1) is 32.6. The summed E-state index contributed by atoms with van der Waals surface area (Å²) < 4.78 is 4.78. The molecule has 2 aromatic heterocycles. The van der Waals surface area contributed by atoms with Gasteiger partial charge in [-0.2, -0.15) is 0 Å². The van der Waals surface area contributed by atoms with E-state index in [1.807, 2.05) is 0 Å². The zero-order valence-electron chi connectivity index (χ0n) is 36.8. The van der Waals surface area contributed by atoms with E-state index in [0.29, 0.717) is 0 Å². The summed E-state index contributed by atoms with van der Waals surface area (Å²) in [6.45, 7) is 4.34. The first-order valence-electron chi connectivity index (χ1n) is 22.9. The second-order valence-corrected chi connectivity index (χ2v) is 17.8. The average Bonchev–Trinajstić information content (AvgIpc) is 3.89. The maximum absolute atomic E-state index is 2.45. The minimum absolute atomic E-state index is 1.17. The lowest BCUT2D eigenvalue weighted by Gasteiger charge is -2.20. The molecule has 0 N–H and O–H groups in total. The quantitative estimate of drug-likeness (QED) is 0.148. The summed E-state index contributed by atoms with van der Waals surface area (Å²) in [5.74, 6) is 0. The molecule has 0 aliphatic carbocycles. The molecule has 2 heteroatoms. The van der Waals surface area contributed by atoms with Gasteiger partial charge in [-0.05, 0) is 153 Å². The van der Waals surface area contributed by atoms with Crippen LogP contribution in [0.3, 0.4) is 0 Å². The van der Waals surface area contributed by atoms with Crippen LogP contribution in [0.5, 0.6) is 0 Å². The molecule has 0 atom stereocenters. The van der Waals surface area contributed by atoms with Crippen molar-refractivity contribution in [2.45, 2.75) is 13.8 Å². The Morgan fingerprint density at radius 3 is 0.955 bits per heavy atom. The molecule has 0 saturated heterocycles. The van der Waals surface area contributed by atoms with Gasteiger partial charge in [0.15, 0.2) is 0 Å². The van der Waals surface area contributed by atoms with Crippen molar-refractivity contribution in [2.24, 2.45) is 0 Å². The van der Waals surface area contributed by atoms with Crippen molar-refractivity contribution in [3.63, 3.8) is 0 Å². The Labute approximate surface area is 383 Å². The molecule has 11 aromatic carbocycles. The van der Waals surface area contributed by atoms with E-state index in [9.17, 15) is 0 Å². The second-order valence-electron chi connectivity index (χ2n) is 17.8. The normalized spacial score (nSPS) is 11.8. The number of aromatic nitrogens is 2. The highest BCUT2D eigenvalue weighted by molar-refractivity contribution is 6.23. The lowest BCUT2D eigenvalue weighted by molar-refractivity contribution is 1.18. The van der Waals surface area contributed by atoms with Crippen LogP contribution in [0.25, 0.3) is 121 Å². The Morgan fingerprint density at radius 1 is 0.227 bits per heavy atom. The molecule has 0 bridgehead atoms. The van der Waals surface area contributed by atoms with E-state index in [-0.39, 0.29) is 0 Å². The number of rotatable bonds is 6. The van der Waals surface area contributed by atoms with Gasteiger partial charge in [0.25, 0.3) is 0 Å². The lowest BCUT2D eigenvalue weighted by Crippen LogP contribution is -1.94. The van der Waals surface area contributed by atoms with Gasteiger partial charge in [-0.25, -0.2) is 0 Å². The van der Waals surface area contributed by atoms with E-state index >= 15 is 0 Å². The minimum Gasteiger partial charge on any atom is -0.309 e. The SMILES string of the molecule is Cc1ccc(-c2c3ccc(-c4ccc5c(c4)c4ccccc4n5-c4ccccc4)cc3c(-c3ccc(C)cc3)c3ccc(-c4ccc5c(c4)c4ccccc4n5-c4ccccc4)cc23)cc1. The van der Waals surface area contributed by atoms with Gasteiger partial charge < -0.3 is 9.13 Å². The molecule has 0 amide bonds. The average molecular weight is 841 g/mol. The predicted molar refractivity (Wildman–Crippen MR) is 281 cm³/mol. The molecule has 0 fully saturated rings. The summed E-state index contributed by atoms with van der Waals surface area (Å²) in [6.07, 6.45) is 0. The van der Waals surface area contributed by atoms with Crippen molar-refractivity contribution >= 4 is 65.2 Å². The Morgan fingerprint density at radius 2 is 0.545 bits per heavy atom. The van der Waals surface area contributed by atoms with Crippen molar-refractivity contribution < 1.29 is 0 Å².